The molecule has 0 bridgehead atoms. The molecule has 0 saturated heterocycles. The quantitative estimate of drug-likeness (QED) is 0.494. The summed E-state index contributed by atoms with van der Waals surface area (Å²) in [5, 5.41) is 39.7. The van der Waals surface area contributed by atoms with Crippen molar-refractivity contribution in [2.75, 3.05) is 19.8 Å². The van der Waals surface area contributed by atoms with Crippen LogP contribution in [0.5, 0.6) is 0 Å². The molecule has 4 heteroatoms. The molecule has 180 valence electrons. The molecule has 4 rings (SSSR count). The number of hydrogen-bond acceptors (Lipinski definition) is 4. The Morgan fingerprint density at radius 3 is 2.09 bits per heavy atom. The SMILES string of the molecule is OCc1ccc(C2CC(CO)CC(C3(CO)CCCC(C4CCC(CO)CC4)C3)C2)cc1. The van der Waals surface area contributed by atoms with Gasteiger partial charge in [0.1, 0.15) is 0 Å². The Kier molecular flexibility index (Phi) is 8.31. The molecule has 0 aromatic heterocycles. The molecule has 3 aliphatic rings. The van der Waals surface area contributed by atoms with Gasteiger partial charge in [0.2, 0.25) is 0 Å². The summed E-state index contributed by atoms with van der Waals surface area (Å²) >= 11 is 0. The highest BCUT2D eigenvalue weighted by molar-refractivity contribution is 5.26. The zero-order valence-corrected chi connectivity index (χ0v) is 19.7. The van der Waals surface area contributed by atoms with Crippen LogP contribution in [0.2, 0.25) is 0 Å². The van der Waals surface area contributed by atoms with Gasteiger partial charge in [0.25, 0.3) is 0 Å². The van der Waals surface area contributed by atoms with E-state index >= 15 is 0 Å². The Balaban J connectivity index is 1.49. The second-order valence-corrected chi connectivity index (χ2v) is 11.4. The number of rotatable bonds is 7. The molecule has 3 aliphatic carbocycles. The molecule has 4 nitrogen and oxygen atoms in total. The van der Waals surface area contributed by atoms with E-state index in [1.54, 1.807) is 0 Å². The van der Waals surface area contributed by atoms with Crippen molar-refractivity contribution in [3.8, 4) is 0 Å². The summed E-state index contributed by atoms with van der Waals surface area (Å²) in [6.07, 6.45) is 12.7. The van der Waals surface area contributed by atoms with Crippen LogP contribution in [0.15, 0.2) is 24.3 Å². The maximum atomic E-state index is 10.8. The molecule has 32 heavy (non-hydrogen) atoms. The van der Waals surface area contributed by atoms with E-state index in [-0.39, 0.29) is 25.2 Å². The van der Waals surface area contributed by atoms with Gasteiger partial charge in [-0.05, 0) is 110 Å². The standard InChI is InChI=1S/C28H44O4/c29-16-20-3-7-23(8-4-20)25-2-1-11-28(15-25,19-32)27-13-22(18-31)12-26(14-27)24-9-5-21(17-30)6-10-24/h5-6,9-10,20,22-23,25-27,29-32H,1-4,7-8,11-19H2. The van der Waals surface area contributed by atoms with Gasteiger partial charge in [-0.15, -0.1) is 0 Å². The Hall–Kier alpha value is -0.940. The Morgan fingerprint density at radius 1 is 0.750 bits per heavy atom. The highest BCUT2D eigenvalue weighted by atomic mass is 16.3. The number of benzene rings is 1. The molecule has 0 aliphatic heterocycles. The third kappa shape index (κ3) is 5.24. The average Bonchev–Trinajstić information content (AvgIpc) is 2.88. The first-order valence-corrected chi connectivity index (χ1v) is 13.1. The zero-order valence-electron chi connectivity index (χ0n) is 19.7. The molecule has 0 amide bonds. The minimum Gasteiger partial charge on any atom is -0.396 e. The van der Waals surface area contributed by atoms with Crippen LogP contribution in [0.1, 0.15) is 87.7 Å². The first kappa shape index (κ1) is 24.2. The number of hydrogen-bond donors (Lipinski definition) is 4. The molecule has 1 aromatic carbocycles. The zero-order chi connectivity index (χ0) is 22.6. The van der Waals surface area contributed by atoms with Gasteiger partial charge in [-0.2, -0.15) is 0 Å². The van der Waals surface area contributed by atoms with E-state index in [0.717, 1.165) is 56.4 Å². The van der Waals surface area contributed by atoms with Crippen LogP contribution in [-0.2, 0) is 6.61 Å². The van der Waals surface area contributed by atoms with Gasteiger partial charge in [-0.3, -0.25) is 0 Å². The van der Waals surface area contributed by atoms with Gasteiger partial charge in [-0.1, -0.05) is 37.1 Å². The summed E-state index contributed by atoms with van der Waals surface area (Å²) in [7, 11) is 0. The fourth-order valence-electron chi connectivity index (χ4n) is 7.58. The van der Waals surface area contributed by atoms with Crippen LogP contribution in [0.3, 0.4) is 0 Å². The number of aliphatic hydroxyl groups is 4. The maximum absolute atomic E-state index is 10.8. The maximum Gasteiger partial charge on any atom is 0.0681 e. The van der Waals surface area contributed by atoms with Crippen LogP contribution in [0.25, 0.3) is 0 Å². The van der Waals surface area contributed by atoms with Gasteiger partial charge >= 0.3 is 0 Å². The second kappa shape index (κ2) is 11.0. The molecule has 0 spiro atoms. The molecule has 0 heterocycles. The van der Waals surface area contributed by atoms with Crippen LogP contribution >= 0.6 is 0 Å². The topological polar surface area (TPSA) is 80.9 Å². The molecular weight excluding hydrogens is 400 g/mol. The normalized spacial score (nSPS) is 38.5. The lowest BCUT2D eigenvalue weighted by Gasteiger charge is -2.51. The van der Waals surface area contributed by atoms with Gasteiger partial charge in [0.15, 0.2) is 0 Å². The van der Waals surface area contributed by atoms with E-state index in [1.165, 1.54) is 31.2 Å². The van der Waals surface area contributed by atoms with E-state index in [4.69, 9.17) is 0 Å². The van der Waals surface area contributed by atoms with Crippen molar-refractivity contribution in [2.45, 2.75) is 83.2 Å². The summed E-state index contributed by atoms with van der Waals surface area (Å²) in [5.41, 5.74) is 2.25. The van der Waals surface area contributed by atoms with Gasteiger partial charge in [0, 0.05) is 19.8 Å². The molecule has 3 fully saturated rings. The van der Waals surface area contributed by atoms with E-state index in [1.807, 2.05) is 12.1 Å². The molecular formula is C28H44O4. The predicted molar refractivity (Wildman–Crippen MR) is 127 cm³/mol. The average molecular weight is 445 g/mol. The summed E-state index contributed by atoms with van der Waals surface area (Å²) in [6.45, 7) is 0.914. The van der Waals surface area contributed by atoms with Crippen molar-refractivity contribution in [3.05, 3.63) is 35.4 Å². The minimum absolute atomic E-state index is 0.00608. The van der Waals surface area contributed by atoms with Gasteiger partial charge in [0.05, 0.1) is 6.61 Å². The molecule has 1 aromatic rings. The Labute approximate surface area is 194 Å². The van der Waals surface area contributed by atoms with E-state index in [0.29, 0.717) is 36.2 Å². The van der Waals surface area contributed by atoms with Crippen LogP contribution in [0, 0.1) is 35.0 Å². The van der Waals surface area contributed by atoms with Crippen LogP contribution in [-0.4, -0.2) is 40.2 Å². The van der Waals surface area contributed by atoms with E-state index in [2.05, 4.69) is 12.1 Å². The molecule has 3 saturated carbocycles. The van der Waals surface area contributed by atoms with Gasteiger partial charge < -0.3 is 20.4 Å². The van der Waals surface area contributed by atoms with E-state index < -0.39 is 0 Å². The number of aliphatic hydroxyl groups excluding tert-OH is 4. The predicted octanol–water partition coefficient (Wildman–Crippen LogP) is 4.64. The fourth-order valence-corrected chi connectivity index (χ4v) is 7.58. The van der Waals surface area contributed by atoms with Crippen LogP contribution in [0.4, 0.5) is 0 Å². The lowest BCUT2D eigenvalue weighted by atomic mass is 9.54. The molecule has 4 N–H and O–H groups in total. The summed E-state index contributed by atoms with van der Waals surface area (Å²) in [6, 6.07) is 8.35. The summed E-state index contributed by atoms with van der Waals surface area (Å²) in [5.74, 6) is 3.13. The van der Waals surface area contributed by atoms with E-state index in [9.17, 15) is 20.4 Å². The highest BCUT2D eigenvalue weighted by Gasteiger charge is 2.47. The van der Waals surface area contributed by atoms with Crippen molar-refractivity contribution in [2.24, 2.45) is 35.0 Å². The third-order valence-corrected chi connectivity index (χ3v) is 9.61. The van der Waals surface area contributed by atoms with Gasteiger partial charge in [-0.25, -0.2) is 0 Å². The third-order valence-electron chi connectivity index (χ3n) is 9.61. The highest BCUT2D eigenvalue weighted by Crippen LogP contribution is 2.55. The smallest absolute Gasteiger partial charge is 0.0681 e. The minimum atomic E-state index is -0.00608. The second-order valence-electron chi connectivity index (χ2n) is 11.4. The van der Waals surface area contributed by atoms with Crippen molar-refractivity contribution >= 4 is 0 Å². The van der Waals surface area contributed by atoms with Crippen molar-refractivity contribution in [1.29, 1.82) is 0 Å². The Bertz CT molecular complexity index is 696. The van der Waals surface area contributed by atoms with Crippen molar-refractivity contribution < 1.29 is 20.4 Å². The fraction of sp³-hybridized carbons (Fsp3) is 0.786. The lowest BCUT2D eigenvalue weighted by molar-refractivity contribution is -0.0441. The lowest BCUT2D eigenvalue weighted by Crippen LogP contribution is -2.44. The molecule has 0 radical (unpaired) electrons. The van der Waals surface area contributed by atoms with Crippen LogP contribution < -0.4 is 0 Å². The Morgan fingerprint density at radius 2 is 1.47 bits per heavy atom. The molecule has 5 unspecified atom stereocenters. The summed E-state index contributed by atoms with van der Waals surface area (Å²) in [4.78, 5) is 0. The molecule has 5 atom stereocenters. The monoisotopic (exact) mass is 444 g/mol. The van der Waals surface area contributed by atoms with Crippen molar-refractivity contribution in [3.63, 3.8) is 0 Å². The first-order chi connectivity index (χ1) is 15.6. The largest absolute Gasteiger partial charge is 0.396 e. The summed E-state index contributed by atoms with van der Waals surface area (Å²) < 4.78 is 0. The van der Waals surface area contributed by atoms with Crippen molar-refractivity contribution in [1.82, 2.24) is 0 Å². The first-order valence-electron chi connectivity index (χ1n) is 13.1.